The fourth-order valence-corrected chi connectivity index (χ4v) is 4.01. The molecule has 1 N–H and O–H groups in total. The van der Waals surface area contributed by atoms with Gasteiger partial charge in [-0.25, -0.2) is 9.78 Å². The van der Waals surface area contributed by atoms with Crippen LogP contribution in [0.4, 0.5) is 9.93 Å². The van der Waals surface area contributed by atoms with E-state index in [0.29, 0.717) is 24.0 Å². The Labute approximate surface area is 167 Å². The first kappa shape index (κ1) is 18.3. The Balaban J connectivity index is 1.46. The van der Waals surface area contributed by atoms with Crippen molar-refractivity contribution in [1.29, 1.82) is 0 Å². The second-order valence-corrected chi connectivity index (χ2v) is 7.34. The van der Waals surface area contributed by atoms with Crippen LogP contribution in [0, 0.1) is 0 Å². The lowest BCUT2D eigenvalue weighted by atomic mass is 9.99. The van der Waals surface area contributed by atoms with Crippen LogP contribution in [0.5, 0.6) is 11.5 Å². The summed E-state index contributed by atoms with van der Waals surface area (Å²) < 4.78 is 10.8. The Kier molecular flexibility index (Phi) is 5.16. The van der Waals surface area contributed by atoms with Crippen LogP contribution in [0.25, 0.3) is 11.3 Å². The SMILES string of the molecule is COc1cc2c(cc1OC)CN(C(=O)Nc1nc(-c3ccccc3)cs1)CC2. The fraction of sp³-hybridized carbons (Fsp3) is 0.238. The second kappa shape index (κ2) is 7.90. The Morgan fingerprint density at radius 2 is 1.82 bits per heavy atom. The van der Waals surface area contributed by atoms with Crippen LogP contribution < -0.4 is 14.8 Å². The third-order valence-corrected chi connectivity index (χ3v) is 5.55. The van der Waals surface area contributed by atoms with Gasteiger partial charge >= 0.3 is 6.03 Å². The number of thiazole rings is 1. The molecule has 2 aromatic carbocycles. The number of amides is 2. The Bertz CT molecular complexity index is 988. The number of hydrogen-bond acceptors (Lipinski definition) is 5. The van der Waals surface area contributed by atoms with Crippen molar-refractivity contribution in [2.45, 2.75) is 13.0 Å². The van der Waals surface area contributed by atoms with E-state index in [1.807, 2.05) is 47.8 Å². The summed E-state index contributed by atoms with van der Waals surface area (Å²) >= 11 is 1.43. The molecule has 28 heavy (non-hydrogen) atoms. The monoisotopic (exact) mass is 395 g/mol. The summed E-state index contributed by atoms with van der Waals surface area (Å²) in [6.45, 7) is 1.17. The Morgan fingerprint density at radius 3 is 2.54 bits per heavy atom. The number of nitrogens with one attached hydrogen (secondary N) is 1. The van der Waals surface area contributed by atoms with Gasteiger partial charge in [-0.05, 0) is 29.7 Å². The molecule has 3 aromatic rings. The number of fused-ring (bicyclic) bond motifs is 1. The molecule has 1 aromatic heterocycles. The number of nitrogens with zero attached hydrogens (tertiary/aromatic N) is 2. The first-order valence-corrected chi connectivity index (χ1v) is 9.86. The smallest absolute Gasteiger partial charge is 0.323 e. The molecular weight excluding hydrogens is 374 g/mol. The van der Waals surface area contributed by atoms with Crippen molar-refractivity contribution in [3.8, 4) is 22.8 Å². The number of carbonyl (C=O) groups is 1. The van der Waals surface area contributed by atoms with Crippen LogP contribution in [-0.4, -0.2) is 36.7 Å². The maximum absolute atomic E-state index is 12.7. The standard InChI is InChI=1S/C21H21N3O3S/c1-26-18-10-15-8-9-24(12-16(15)11-19(18)27-2)21(25)23-20-22-17(13-28-20)14-6-4-3-5-7-14/h3-7,10-11,13H,8-9,12H2,1-2H3,(H,22,23,25). The average molecular weight is 395 g/mol. The Hall–Kier alpha value is -3.06. The first-order chi connectivity index (χ1) is 13.7. The van der Waals surface area contributed by atoms with E-state index in [1.165, 1.54) is 16.9 Å². The summed E-state index contributed by atoms with van der Waals surface area (Å²) in [6, 6.07) is 13.7. The van der Waals surface area contributed by atoms with E-state index in [4.69, 9.17) is 9.47 Å². The van der Waals surface area contributed by atoms with Crippen molar-refractivity contribution in [3.05, 3.63) is 59.0 Å². The molecule has 4 rings (SSSR count). The molecule has 0 aliphatic carbocycles. The van der Waals surface area contributed by atoms with Gasteiger partial charge in [-0.1, -0.05) is 30.3 Å². The molecule has 0 radical (unpaired) electrons. The first-order valence-electron chi connectivity index (χ1n) is 8.98. The maximum Gasteiger partial charge on any atom is 0.323 e. The molecule has 0 unspecified atom stereocenters. The molecular formula is C21H21N3O3S. The van der Waals surface area contributed by atoms with Crippen LogP contribution >= 0.6 is 11.3 Å². The highest BCUT2D eigenvalue weighted by atomic mass is 32.1. The van der Waals surface area contributed by atoms with Crippen molar-refractivity contribution < 1.29 is 14.3 Å². The lowest BCUT2D eigenvalue weighted by Gasteiger charge is -2.29. The molecule has 0 atom stereocenters. The van der Waals surface area contributed by atoms with Crippen LogP contribution in [0.1, 0.15) is 11.1 Å². The predicted octanol–water partition coefficient (Wildman–Crippen LogP) is 4.42. The van der Waals surface area contributed by atoms with Crippen LogP contribution in [0.3, 0.4) is 0 Å². The molecule has 0 fully saturated rings. The molecule has 0 saturated heterocycles. The number of carbonyl (C=O) groups excluding carboxylic acids is 1. The minimum absolute atomic E-state index is 0.144. The van der Waals surface area contributed by atoms with Gasteiger partial charge in [0.2, 0.25) is 0 Å². The molecule has 6 nitrogen and oxygen atoms in total. The van der Waals surface area contributed by atoms with E-state index in [-0.39, 0.29) is 6.03 Å². The highest BCUT2D eigenvalue weighted by molar-refractivity contribution is 7.14. The van der Waals surface area contributed by atoms with Gasteiger partial charge in [0.15, 0.2) is 16.6 Å². The van der Waals surface area contributed by atoms with Gasteiger partial charge in [0.1, 0.15) is 0 Å². The van der Waals surface area contributed by atoms with Gasteiger partial charge in [0.05, 0.1) is 19.9 Å². The fourth-order valence-electron chi connectivity index (χ4n) is 3.30. The van der Waals surface area contributed by atoms with Crippen LogP contribution in [0.2, 0.25) is 0 Å². The summed E-state index contributed by atoms with van der Waals surface area (Å²) in [7, 11) is 3.24. The van der Waals surface area contributed by atoms with Gasteiger partial charge in [-0.15, -0.1) is 11.3 Å². The molecule has 7 heteroatoms. The molecule has 0 saturated carbocycles. The molecule has 0 bridgehead atoms. The maximum atomic E-state index is 12.7. The normalized spacial score (nSPS) is 13.0. The zero-order valence-corrected chi connectivity index (χ0v) is 16.6. The predicted molar refractivity (Wildman–Crippen MR) is 110 cm³/mol. The average Bonchev–Trinajstić information content (AvgIpc) is 3.21. The number of benzene rings is 2. The summed E-state index contributed by atoms with van der Waals surface area (Å²) in [5, 5.41) is 5.47. The number of ether oxygens (including phenoxy) is 2. The third-order valence-electron chi connectivity index (χ3n) is 4.79. The molecule has 1 aliphatic rings. The van der Waals surface area contributed by atoms with Gasteiger partial charge < -0.3 is 14.4 Å². The molecule has 1 aliphatic heterocycles. The largest absolute Gasteiger partial charge is 0.493 e. The number of hydrogen-bond donors (Lipinski definition) is 1. The van der Waals surface area contributed by atoms with Crippen molar-refractivity contribution in [3.63, 3.8) is 0 Å². The minimum Gasteiger partial charge on any atom is -0.493 e. The minimum atomic E-state index is -0.144. The lowest BCUT2D eigenvalue weighted by Crippen LogP contribution is -2.38. The topological polar surface area (TPSA) is 63.7 Å². The van der Waals surface area contributed by atoms with Gasteiger partial charge in [-0.3, -0.25) is 5.32 Å². The highest BCUT2D eigenvalue weighted by Gasteiger charge is 2.23. The van der Waals surface area contributed by atoms with Crippen molar-refractivity contribution in [2.75, 3.05) is 26.1 Å². The molecule has 144 valence electrons. The van der Waals surface area contributed by atoms with Crippen LogP contribution in [0.15, 0.2) is 47.8 Å². The number of rotatable bonds is 4. The van der Waals surface area contributed by atoms with E-state index in [9.17, 15) is 4.79 Å². The van der Waals surface area contributed by atoms with E-state index in [1.54, 1.807) is 19.1 Å². The summed E-state index contributed by atoms with van der Waals surface area (Å²) in [6.07, 6.45) is 0.774. The second-order valence-electron chi connectivity index (χ2n) is 6.48. The number of methoxy groups -OCH3 is 2. The molecule has 0 spiro atoms. The number of urea groups is 1. The van der Waals surface area contributed by atoms with Crippen molar-refractivity contribution in [1.82, 2.24) is 9.88 Å². The summed E-state index contributed by atoms with van der Waals surface area (Å²) in [5.74, 6) is 1.39. The van der Waals surface area contributed by atoms with E-state index < -0.39 is 0 Å². The van der Waals surface area contributed by atoms with Crippen molar-refractivity contribution >= 4 is 22.5 Å². The Morgan fingerprint density at radius 1 is 1.11 bits per heavy atom. The van der Waals surface area contributed by atoms with Crippen LogP contribution in [-0.2, 0) is 13.0 Å². The molecule has 2 heterocycles. The zero-order valence-electron chi connectivity index (χ0n) is 15.8. The van der Waals surface area contributed by atoms with E-state index in [0.717, 1.165) is 29.0 Å². The van der Waals surface area contributed by atoms with Gasteiger partial charge in [0.25, 0.3) is 0 Å². The van der Waals surface area contributed by atoms with E-state index >= 15 is 0 Å². The number of anilines is 1. The lowest BCUT2D eigenvalue weighted by molar-refractivity contribution is 0.206. The zero-order chi connectivity index (χ0) is 19.5. The molecule has 2 amide bonds. The van der Waals surface area contributed by atoms with Gasteiger partial charge in [0, 0.05) is 24.0 Å². The summed E-state index contributed by atoms with van der Waals surface area (Å²) in [5.41, 5.74) is 4.15. The van der Waals surface area contributed by atoms with E-state index in [2.05, 4.69) is 10.3 Å². The highest BCUT2D eigenvalue weighted by Crippen LogP contribution is 2.33. The van der Waals surface area contributed by atoms with Gasteiger partial charge in [-0.2, -0.15) is 0 Å². The third kappa shape index (κ3) is 3.66. The number of aromatic nitrogens is 1. The quantitative estimate of drug-likeness (QED) is 0.710. The van der Waals surface area contributed by atoms with Crippen molar-refractivity contribution in [2.24, 2.45) is 0 Å². The summed E-state index contributed by atoms with van der Waals surface area (Å²) in [4.78, 5) is 19.0.